The van der Waals surface area contributed by atoms with Crippen molar-refractivity contribution in [1.82, 2.24) is 15.1 Å². The van der Waals surface area contributed by atoms with Gasteiger partial charge < -0.3 is 19.9 Å². The highest BCUT2D eigenvalue weighted by Gasteiger charge is 2.40. The van der Waals surface area contributed by atoms with Crippen LogP contribution in [0.5, 0.6) is 0 Å². The third-order valence-corrected chi connectivity index (χ3v) is 6.06. The van der Waals surface area contributed by atoms with Gasteiger partial charge in [-0.25, -0.2) is 4.99 Å². The number of rotatable bonds is 6. The lowest BCUT2D eigenvalue weighted by Crippen LogP contribution is -2.47. The van der Waals surface area contributed by atoms with Crippen molar-refractivity contribution in [2.45, 2.75) is 45.1 Å². The van der Waals surface area contributed by atoms with Crippen molar-refractivity contribution in [3.05, 3.63) is 0 Å². The van der Waals surface area contributed by atoms with Gasteiger partial charge in [0.15, 0.2) is 5.96 Å². The van der Waals surface area contributed by atoms with Crippen LogP contribution in [0, 0.1) is 17.8 Å². The van der Waals surface area contributed by atoms with Crippen LogP contribution < -0.4 is 5.32 Å². The van der Waals surface area contributed by atoms with Crippen molar-refractivity contribution in [3.8, 4) is 0 Å². The lowest BCUT2D eigenvalue weighted by Gasteiger charge is -2.29. The van der Waals surface area contributed by atoms with Gasteiger partial charge >= 0.3 is 0 Å². The number of likely N-dealkylation sites (N-methyl/N-ethyl adjacent to an activating group) is 1. The topological polar surface area (TPSA) is 57.2 Å². The molecule has 1 N–H and O–H groups in total. The van der Waals surface area contributed by atoms with Crippen LogP contribution >= 0.6 is 0 Å². The Morgan fingerprint density at radius 2 is 2.12 bits per heavy atom. The monoisotopic (exact) mass is 350 g/mol. The Bertz CT molecular complexity index is 494. The Hall–Kier alpha value is -1.30. The molecule has 2 bridgehead atoms. The number of ether oxygens (including phenoxy) is 1. The molecule has 1 heterocycles. The maximum absolute atomic E-state index is 12.0. The van der Waals surface area contributed by atoms with Gasteiger partial charge in [0, 0.05) is 45.8 Å². The summed E-state index contributed by atoms with van der Waals surface area (Å²) in [7, 11) is 3.57. The Morgan fingerprint density at radius 3 is 2.76 bits per heavy atom. The van der Waals surface area contributed by atoms with Gasteiger partial charge in [0.25, 0.3) is 0 Å². The largest absolute Gasteiger partial charge is 0.381 e. The number of guanidine groups is 1. The van der Waals surface area contributed by atoms with Gasteiger partial charge in [0.1, 0.15) is 6.54 Å². The highest BCUT2D eigenvalue weighted by atomic mass is 16.5. The SMILES string of the molecule is CCOCC1CCN(C(=NCC(=O)N(C)C)NC2CC3CCC2C3)C1. The number of carbonyl (C=O) groups is 1. The summed E-state index contributed by atoms with van der Waals surface area (Å²) in [5, 5.41) is 3.72. The third kappa shape index (κ3) is 4.66. The standard InChI is InChI=1S/C19H34N4O2/c1-4-25-13-15-7-8-23(12-15)19(20-11-18(24)22(2)3)21-17-10-14-5-6-16(17)9-14/h14-17H,4-13H2,1-3H3,(H,20,21). The van der Waals surface area contributed by atoms with E-state index in [0.29, 0.717) is 12.0 Å². The summed E-state index contributed by atoms with van der Waals surface area (Å²) in [6.07, 6.45) is 6.52. The molecule has 6 nitrogen and oxygen atoms in total. The van der Waals surface area contributed by atoms with Crippen LogP contribution in [0.3, 0.4) is 0 Å². The molecular formula is C19H34N4O2. The Morgan fingerprint density at radius 1 is 1.28 bits per heavy atom. The number of nitrogens with one attached hydrogen (secondary N) is 1. The fraction of sp³-hybridized carbons (Fsp3) is 0.895. The van der Waals surface area contributed by atoms with Crippen LogP contribution in [0.2, 0.25) is 0 Å². The second-order valence-corrected chi connectivity index (χ2v) is 8.11. The minimum Gasteiger partial charge on any atom is -0.381 e. The number of amides is 1. The molecule has 0 aromatic carbocycles. The average molecular weight is 351 g/mol. The summed E-state index contributed by atoms with van der Waals surface area (Å²) in [5.41, 5.74) is 0. The lowest BCUT2D eigenvalue weighted by molar-refractivity contribution is -0.127. The van der Waals surface area contributed by atoms with Gasteiger partial charge in [-0.05, 0) is 44.4 Å². The molecule has 1 amide bonds. The number of carbonyl (C=O) groups excluding carboxylic acids is 1. The molecule has 2 aliphatic carbocycles. The van der Waals surface area contributed by atoms with E-state index in [-0.39, 0.29) is 12.5 Å². The molecular weight excluding hydrogens is 316 g/mol. The van der Waals surface area contributed by atoms with E-state index in [9.17, 15) is 4.79 Å². The van der Waals surface area contributed by atoms with Gasteiger partial charge in [0.2, 0.25) is 5.91 Å². The first-order chi connectivity index (χ1) is 12.1. The molecule has 0 radical (unpaired) electrons. The van der Waals surface area contributed by atoms with E-state index in [1.165, 1.54) is 25.7 Å². The van der Waals surface area contributed by atoms with Crippen LogP contribution in [0.15, 0.2) is 4.99 Å². The molecule has 25 heavy (non-hydrogen) atoms. The molecule has 6 heteroatoms. The first-order valence-corrected chi connectivity index (χ1v) is 9.90. The van der Waals surface area contributed by atoms with Gasteiger partial charge in [-0.3, -0.25) is 4.79 Å². The number of hydrogen-bond donors (Lipinski definition) is 1. The van der Waals surface area contributed by atoms with Gasteiger partial charge in [-0.1, -0.05) is 6.42 Å². The molecule has 4 unspecified atom stereocenters. The molecule has 3 fully saturated rings. The molecule has 1 aliphatic heterocycles. The van der Waals surface area contributed by atoms with Gasteiger partial charge in [-0.2, -0.15) is 0 Å². The summed E-state index contributed by atoms with van der Waals surface area (Å²) >= 11 is 0. The minimum absolute atomic E-state index is 0.0531. The van der Waals surface area contributed by atoms with E-state index in [1.807, 2.05) is 6.92 Å². The number of aliphatic imine (C=N–C) groups is 1. The van der Waals surface area contributed by atoms with Crippen molar-refractivity contribution in [3.63, 3.8) is 0 Å². The minimum atomic E-state index is 0.0531. The maximum Gasteiger partial charge on any atom is 0.243 e. The maximum atomic E-state index is 12.0. The van der Waals surface area contributed by atoms with Crippen molar-refractivity contribution in [2.75, 3.05) is 46.9 Å². The van der Waals surface area contributed by atoms with E-state index in [2.05, 4.69) is 15.2 Å². The summed E-state index contributed by atoms with van der Waals surface area (Å²) in [5.74, 6) is 3.25. The Balaban J connectivity index is 1.62. The van der Waals surface area contributed by atoms with E-state index in [4.69, 9.17) is 4.74 Å². The van der Waals surface area contributed by atoms with Crippen LogP contribution in [0.4, 0.5) is 0 Å². The zero-order chi connectivity index (χ0) is 17.8. The van der Waals surface area contributed by atoms with Crippen molar-refractivity contribution in [2.24, 2.45) is 22.7 Å². The molecule has 0 spiro atoms. The fourth-order valence-electron chi connectivity index (χ4n) is 4.55. The van der Waals surface area contributed by atoms with Crippen LogP contribution in [-0.2, 0) is 9.53 Å². The predicted octanol–water partition coefficient (Wildman–Crippen LogP) is 1.57. The molecule has 4 atom stereocenters. The number of likely N-dealkylation sites (tertiary alicyclic amines) is 1. The van der Waals surface area contributed by atoms with Gasteiger partial charge in [-0.15, -0.1) is 0 Å². The summed E-state index contributed by atoms with van der Waals surface area (Å²) < 4.78 is 5.60. The molecule has 0 aromatic heterocycles. The first-order valence-electron chi connectivity index (χ1n) is 9.90. The number of hydrogen-bond acceptors (Lipinski definition) is 3. The summed E-state index contributed by atoms with van der Waals surface area (Å²) in [4.78, 5) is 20.6. The number of fused-ring (bicyclic) bond motifs is 2. The first kappa shape index (κ1) is 18.5. The zero-order valence-corrected chi connectivity index (χ0v) is 16.0. The molecule has 2 saturated carbocycles. The zero-order valence-electron chi connectivity index (χ0n) is 16.0. The van der Waals surface area contributed by atoms with E-state index in [0.717, 1.165) is 50.5 Å². The molecule has 3 rings (SSSR count). The normalized spacial score (nSPS) is 31.6. The van der Waals surface area contributed by atoms with Gasteiger partial charge in [0.05, 0.1) is 6.61 Å². The average Bonchev–Trinajstić information content (AvgIpc) is 3.32. The Kier molecular flexibility index (Phi) is 6.20. The third-order valence-electron chi connectivity index (χ3n) is 6.06. The smallest absolute Gasteiger partial charge is 0.243 e. The molecule has 142 valence electrons. The molecule has 0 aromatic rings. The lowest BCUT2D eigenvalue weighted by atomic mass is 9.95. The Labute approximate surface area is 152 Å². The summed E-state index contributed by atoms with van der Waals surface area (Å²) in [6.45, 7) is 5.85. The van der Waals surface area contributed by atoms with Crippen LogP contribution in [-0.4, -0.2) is 74.7 Å². The quantitative estimate of drug-likeness (QED) is 0.584. The van der Waals surface area contributed by atoms with Crippen molar-refractivity contribution in [1.29, 1.82) is 0 Å². The number of nitrogens with zero attached hydrogens (tertiary/aromatic N) is 3. The summed E-state index contributed by atoms with van der Waals surface area (Å²) in [6, 6.07) is 0.540. The van der Waals surface area contributed by atoms with Crippen molar-refractivity contribution >= 4 is 11.9 Å². The second-order valence-electron chi connectivity index (χ2n) is 8.11. The highest BCUT2D eigenvalue weighted by Crippen LogP contribution is 2.44. The van der Waals surface area contributed by atoms with Crippen molar-refractivity contribution < 1.29 is 9.53 Å². The van der Waals surface area contributed by atoms with E-state index >= 15 is 0 Å². The van der Waals surface area contributed by atoms with E-state index < -0.39 is 0 Å². The van der Waals surface area contributed by atoms with Crippen LogP contribution in [0.25, 0.3) is 0 Å². The second kappa shape index (κ2) is 8.39. The fourth-order valence-corrected chi connectivity index (χ4v) is 4.55. The predicted molar refractivity (Wildman–Crippen MR) is 99.5 cm³/mol. The highest BCUT2D eigenvalue weighted by molar-refractivity contribution is 5.85. The van der Waals surface area contributed by atoms with Crippen LogP contribution in [0.1, 0.15) is 39.0 Å². The van der Waals surface area contributed by atoms with E-state index in [1.54, 1.807) is 19.0 Å². The molecule has 1 saturated heterocycles. The molecule has 3 aliphatic rings.